The van der Waals surface area contributed by atoms with Crippen molar-refractivity contribution in [2.45, 2.75) is 32.3 Å². The normalized spacial score (nSPS) is 23.5. The highest BCUT2D eigenvalue weighted by atomic mass is 19.2. The molecule has 1 aliphatic rings. The zero-order valence-electron chi connectivity index (χ0n) is 11.1. The Labute approximate surface area is 112 Å². The van der Waals surface area contributed by atoms with Crippen LogP contribution in [-0.4, -0.2) is 13.2 Å². The molecule has 0 saturated heterocycles. The molecule has 1 aromatic carbocycles. The minimum absolute atomic E-state index is 0.324. The number of hydrogen-bond donors (Lipinski definition) is 1. The molecule has 4 heteroatoms. The summed E-state index contributed by atoms with van der Waals surface area (Å²) < 4.78 is 31.5. The molecule has 0 heterocycles. The van der Waals surface area contributed by atoms with Crippen molar-refractivity contribution in [2.75, 3.05) is 13.2 Å². The number of benzene rings is 1. The number of hydrogen-bond acceptors (Lipinski definition) is 2. The summed E-state index contributed by atoms with van der Waals surface area (Å²) in [5.41, 5.74) is 6.43. The average Bonchev–Trinajstić information content (AvgIpc) is 2.43. The van der Waals surface area contributed by atoms with Crippen LogP contribution in [0.1, 0.15) is 31.2 Å². The summed E-state index contributed by atoms with van der Waals surface area (Å²) in [7, 11) is 0. The molecule has 0 bridgehead atoms. The topological polar surface area (TPSA) is 35.2 Å². The molecular formula is C15H21F2NO. The molecule has 2 rings (SSSR count). The molecule has 2 N–H and O–H groups in total. The van der Waals surface area contributed by atoms with Crippen LogP contribution in [-0.2, 0) is 11.3 Å². The van der Waals surface area contributed by atoms with Crippen molar-refractivity contribution in [3.05, 3.63) is 35.4 Å². The number of nitrogens with two attached hydrogens (primary N) is 1. The first-order valence-electron chi connectivity index (χ1n) is 6.92. The molecular weight excluding hydrogens is 248 g/mol. The summed E-state index contributed by atoms with van der Waals surface area (Å²) in [6.45, 7) is 1.69. The summed E-state index contributed by atoms with van der Waals surface area (Å²) in [5, 5.41) is 0. The van der Waals surface area contributed by atoms with Gasteiger partial charge in [-0.25, -0.2) is 8.78 Å². The van der Waals surface area contributed by atoms with Gasteiger partial charge in [-0.05, 0) is 48.9 Å². The third kappa shape index (κ3) is 3.98. The van der Waals surface area contributed by atoms with Gasteiger partial charge in [0.1, 0.15) is 0 Å². The number of rotatable bonds is 5. The van der Waals surface area contributed by atoms with Gasteiger partial charge >= 0.3 is 0 Å². The van der Waals surface area contributed by atoms with Crippen molar-refractivity contribution in [3.8, 4) is 0 Å². The third-order valence-corrected chi connectivity index (χ3v) is 3.95. The van der Waals surface area contributed by atoms with Gasteiger partial charge in [0.2, 0.25) is 0 Å². The number of ether oxygens (including phenoxy) is 1. The van der Waals surface area contributed by atoms with E-state index in [1.807, 2.05) is 0 Å². The van der Waals surface area contributed by atoms with Gasteiger partial charge in [0.15, 0.2) is 11.6 Å². The van der Waals surface area contributed by atoms with Crippen molar-refractivity contribution in [3.63, 3.8) is 0 Å². The second-order valence-corrected chi connectivity index (χ2v) is 5.30. The largest absolute Gasteiger partial charge is 0.376 e. The van der Waals surface area contributed by atoms with Crippen LogP contribution in [0.3, 0.4) is 0 Å². The Kier molecular flexibility index (Phi) is 5.28. The minimum Gasteiger partial charge on any atom is -0.376 e. The van der Waals surface area contributed by atoms with Gasteiger partial charge in [0, 0.05) is 0 Å². The van der Waals surface area contributed by atoms with Gasteiger partial charge < -0.3 is 10.5 Å². The van der Waals surface area contributed by atoms with E-state index >= 15 is 0 Å². The zero-order chi connectivity index (χ0) is 13.7. The summed E-state index contributed by atoms with van der Waals surface area (Å²) >= 11 is 0. The molecule has 1 saturated carbocycles. The quantitative estimate of drug-likeness (QED) is 0.890. The molecule has 0 spiro atoms. The summed E-state index contributed by atoms with van der Waals surface area (Å²) in [4.78, 5) is 0. The van der Waals surface area contributed by atoms with E-state index in [0.717, 1.165) is 12.5 Å². The van der Waals surface area contributed by atoms with Crippen LogP contribution in [0, 0.1) is 23.5 Å². The highest BCUT2D eigenvalue weighted by molar-refractivity contribution is 5.16. The second-order valence-electron chi connectivity index (χ2n) is 5.30. The van der Waals surface area contributed by atoms with Crippen molar-refractivity contribution in [1.29, 1.82) is 0 Å². The van der Waals surface area contributed by atoms with E-state index in [4.69, 9.17) is 10.5 Å². The summed E-state index contributed by atoms with van der Waals surface area (Å²) in [6.07, 6.45) is 4.81. The van der Waals surface area contributed by atoms with Crippen molar-refractivity contribution in [1.82, 2.24) is 0 Å². The van der Waals surface area contributed by atoms with E-state index in [1.165, 1.54) is 25.3 Å². The van der Waals surface area contributed by atoms with E-state index < -0.39 is 11.6 Å². The molecule has 2 unspecified atom stereocenters. The second kappa shape index (κ2) is 6.96. The highest BCUT2D eigenvalue weighted by Crippen LogP contribution is 2.29. The first-order chi connectivity index (χ1) is 9.20. The Morgan fingerprint density at radius 3 is 2.53 bits per heavy atom. The monoisotopic (exact) mass is 269 g/mol. The Hall–Kier alpha value is -1.00. The van der Waals surface area contributed by atoms with E-state index in [2.05, 4.69) is 0 Å². The summed E-state index contributed by atoms with van der Waals surface area (Å²) in [6, 6.07) is 3.88. The lowest BCUT2D eigenvalue weighted by Gasteiger charge is -2.30. The molecule has 1 fully saturated rings. The highest BCUT2D eigenvalue weighted by Gasteiger charge is 2.23. The van der Waals surface area contributed by atoms with Gasteiger partial charge in [0.25, 0.3) is 0 Å². The van der Waals surface area contributed by atoms with Crippen molar-refractivity contribution < 1.29 is 13.5 Å². The molecule has 0 amide bonds. The van der Waals surface area contributed by atoms with Crippen LogP contribution < -0.4 is 5.73 Å². The third-order valence-electron chi connectivity index (χ3n) is 3.95. The Balaban J connectivity index is 1.80. The van der Waals surface area contributed by atoms with Gasteiger partial charge in [-0.3, -0.25) is 0 Å². The van der Waals surface area contributed by atoms with Crippen molar-refractivity contribution >= 4 is 0 Å². The van der Waals surface area contributed by atoms with Gasteiger partial charge in [-0.1, -0.05) is 18.9 Å². The van der Waals surface area contributed by atoms with Crippen molar-refractivity contribution in [2.24, 2.45) is 17.6 Å². The molecule has 0 aliphatic heterocycles. The standard InChI is InChI=1S/C15H21F2NO/c16-14-6-5-11(7-15(14)17)9-19-10-13-4-2-1-3-12(13)8-18/h5-7,12-13H,1-4,8-10,18H2. The molecule has 106 valence electrons. The smallest absolute Gasteiger partial charge is 0.159 e. The minimum atomic E-state index is -0.821. The molecule has 1 aromatic rings. The van der Waals surface area contributed by atoms with Crippen LogP contribution in [0.15, 0.2) is 18.2 Å². The van der Waals surface area contributed by atoms with E-state index in [9.17, 15) is 8.78 Å². The molecule has 1 aliphatic carbocycles. The molecule has 2 atom stereocenters. The number of halogens is 2. The van der Waals surface area contributed by atoms with Gasteiger partial charge in [-0.15, -0.1) is 0 Å². The lowest BCUT2D eigenvalue weighted by Crippen LogP contribution is -2.29. The molecule has 0 aromatic heterocycles. The average molecular weight is 269 g/mol. The maximum Gasteiger partial charge on any atom is 0.159 e. The fourth-order valence-corrected chi connectivity index (χ4v) is 2.77. The van der Waals surface area contributed by atoms with E-state index in [-0.39, 0.29) is 0 Å². The first kappa shape index (κ1) is 14.4. The first-order valence-corrected chi connectivity index (χ1v) is 6.92. The van der Waals surface area contributed by atoms with Crippen LogP contribution in [0.2, 0.25) is 0 Å². The van der Waals surface area contributed by atoms with Crippen LogP contribution in [0.25, 0.3) is 0 Å². The fraction of sp³-hybridized carbons (Fsp3) is 0.600. The van der Waals surface area contributed by atoms with E-state index in [0.29, 0.717) is 37.2 Å². The lowest BCUT2D eigenvalue weighted by atomic mass is 9.80. The predicted molar refractivity (Wildman–Crippen MR) is 70.5 cm³/mol. The molecule has 0 radical (unpaired) electrons. The maximum atomic E-state index is 13.0. The lowest BCUT2D eigenvalue weighted by molar-refractivity contribution is 0.0511. The SMILES string of the molecule is NCC1CCCCC1COCc1ccc(F)c(F)c1. The van der Waals surface area contributed by atoms with Crippen LogP contribution in [0.5, 0.6) is 0 Å². The maximum absolute atomic E-state index is 13.0. The molecule has 19 heavy (non-hydrogen) atoms. The zero-order valence-corrected chi connectivity index (χ0v) is 11.1. The Morgan fingerprint density at radius 1 is 1.11 bits per heavy atom. The van der Waals surface area contributed by atoms with Crippen LogP contribution >= 0.6 is 0 Å². The van der Waals surface area contributed by atoms with Crippen LogP contribution in [0.4, 0.5) is 8.78 Å². The summed E-state index contributed by atoms with van der Waals surface area (Å²) in [5.74, 6) is -0.597. The Morgan fingerprint density at radius 2 is 1.84 bits per heavy atom. The van der Waals surface area contributed by atoms with E-state index in [1.54, 1.807) is 6.07 Å². The van der Waals surface area contributed by atoms with Gasteiger partial charge in [0.05, 0.1) is 13.2 Å². The van der Waals surface area contributed by atoms with Gasteiger partial charge in [-0.2, -0.15) is 0 Å². The molecule has 2 nitrogen and oxygen atoms in total. The fourth-order valence-electron chi connectivity index (χ4n) is 2.77. The Bertz CT molecular complexity index is 411. The predicted octanol–water partition coefficient (Wildman–Crippen LogP) is 3.25.